The minimum Gasteiger partial charge on any atom is -0.478 e. The van der Waals surface area contributed by atoms with E-state index in [-0.39, 0.29) is 18.8 Å². The Kier molecular flexibility index (Phi) is 3.82. The molecule has 0 saturated heterocycles. The van der Waals surface area contributed by atoms with E-state index in [1.54, 1.807) is 13.0 Å². The Balaban J connectivity index is 2.47. The zero-order valence-corrected chi connectivity index (χ0v) is 10.9. The fourth-order valence-electron chi connectivity index (χ4n) is 1.70. The van der Waals surface area contributed by atoms with Gasteiger partial charge in [-0.25, -0.2) is 14.8 Å². The van der Waals surface area contributed by atoms with Gasteiger partial charge in [-0.2, -0.15) is 0 Å². The van der Waals surface area contributed by atoms with Crippen molar-refractivity contribution in [1.29, 1.82) is 0 Å². The summed E-state index contributed by atoms with van der Waals surface area (Å²) in [5.41, 5.74) is -0.318. The molecule has 0 saturated carbocycles. The Morgan fingerprint density at radius 1 is 1.30 bits per heavy atom. The van der Waals surface area contributed by atoms with E-state index in [0.29, 0.717) is 16.7 Å². The van der Waals surface area contributed by atoms with E-state index in [2.05, 4.69) is 15.3 Å². The van der Waals surface area contributed by atoms with Gasteiger partial charge in [0.1, 0.15) is 12.1 Å². The number of fused-ring (bicyclic) bond motifs is 1. The predicted molar refractivity (Wildman–Crippen MR) is 72.7 cm³/mol. The van der Waals surface area contributed by atoms with Crippen LogP contribution in [-0.2, 0) is 0 Å². The van der Waals surface area contributed by atoms with Crippen molar-refractivity contribution in [3.63, 3.8) is 0 Å². The molecule has 2 aromatic rings. The van der Waals surface area contributed by atoms with Crippen LogP contribution < -0.4 is 5.32 Å². The molecular weight excluding hydrogens is 262 g/mol. The third-order valence-electron chi connectivity index (χ3n) is 3.00. The number of rotatable bonds is 5. The van der Waals surface area contributed by atoms with Crippen LogP contribution >= 0.6 is 0 Å². The number of benzene rings is 1. The maximum absolute atomic E-state index is 10.9. The van der Waals surface area contributed by atoms with Crippen molar-refractivity contribution >= 4 is 22.7 Å². The highest BCUT2D eigenvalue weighted by atomic mass is 16.4. The maximum Gasteiger partial charge on any atom is 0.335 e. The highest BCUT2D eigenvalue weighted by molar-refractivity contribution is 5.96. The Hall–Kier alpha value is -2.25. The van der Waals surface area contributed by atoms with Crippen molar-refractivity contribution in [1.82, 2.24) is 9.97 Å². The van der Waals surface area contributed by atoms with Crippen LogP contribution in [0, 0.1) is 0 Å². The van der Waals surface area contributed by atoms with Crippen LogP contribution in [-0.4, -0.2) is 50.0 Å². The SMILES string of the molecule is CC(CO)(CO)Nc1ncnc2cc(C(=O)O)ccc12. The van der Waals surface area contributed by atoms with E-state index in [4.69, 9.17) is 5.11 Å². The summed E-state index contributed by atoms with van der Waals surface area (Å²) in [6, 6.07) is 4.49. The number of nitrogens with one attached hydrogen (secondary N) is 1. The number of aliphatic hydroxyl groups is 2. The van der Waals surface area contributed by atoms with Gasteiger partial charge in [0.25, 0.3) is 0 Å². The topological polar surface area (TPSA) is 116 Å². The van der Waals surface area contributed by atoms with Crippen molar-refractivity contribution in [3.05, 3.63) is 30.1 Å². The molecule has 2 rings (SSSR count). The number of carbonyl (C=O) groups is 1. The van der Waals surface area contributed by atoms with E-state index in [9.17, 15) is 15.0 Å². The van der Waals surface area contributed by atoms with E-state index in [1.165, 1.54) is 18.5 Å². The van der Waals surface area contributed by atoms with Gasteiger partial charge in [0.2, 0.25) is 0 Å². The molecule has 0 atom stereocenters. The largest absolute Gasteiger partial charge is 0.478 e. The number of anilines is 1. The van der Waals surface area contributed by atoms with Gasteiger partial charge in [-0.05, 0) is 25.1 Å². The Morgan fingerprint density at radius 2 is 2.00 bits per heavy atom. The molecule has 0 radical (unpaired) electrons. The van der Waals surface area contributed by atoms with Crippen molar-refractivity contribution in [3.8, 4) is 0 Å². The number of hydrogen-bond acceptors (Lipinski definition) is 6. The molecule has 0 unspecified atom stereocenters. The second-order valence-electron chi connectivity index (χ2n) is 4.76. The number of aliphatic hydroxyl groups excluding tert-OH is 2. The van der Waals surface area contributed by atoms with Crippen molar-refractivity contribution in [2.24, 2.45) is 0 Å². The van der Waals surface area contributed by atoms with Crippen LogP contribution in [0.15, 0.2) is 24.5 Å². The summed E-state index contributed by atoms with van der Waals surface area (Å²) in [6.45, 7) is 1.09. The molecule has 7 nitrogen and oxygen atoms in total. The van der Waals surface area contributed by atoms with Crippen LogP contribution in [0.1, 0.15) is 17.3 Å². The van der Waals surface area contributed by atoms with Crippen LogP contribution in [0.4, 0.5) is 5.82 Å². The summed E-state index contributed by atoms with van der Waals surface area (Å²) in [4.78, 5) is 19.0. The number of carboxylic acids is 1. The molecule has 0 spiro atoms. The third kappa shape index (κ3) is 2.68. The van der Waals surface area contributed by atoms with Gasteiger partial charge in [0, 0.05) is 5.39 Å². The number of aromatic carboxylic acids is 1. The molecule has 1 aromatic carbocycles. The monoisotopic (exact) mass is 277 g/mol. The van der Waals surface area contributed by atoms with Crippen LogP contribution in [0.2, 0.25) is 0 Å². The molecule has 106 valence electrons. The van der Waals surface area contributed by atoms with Gasteiger partial charge >= 0.3 is 5.97 Å². The second kappa shape index (κ2) is 5.40. The number of carboxylic acid groups (broad SMARTS) is 1. The molecule has 0 aliphatic rings. The Morgan fingerprint density at radius 3 is 2.60 bits per heavy atom. The molecule has 20 heavy (non-hydrogen) atoms. The lowest BCUT2D eigenvalue weighted by atomic mass is 10.0. The average molecular weight is 277 g/mol. The lowest BCUT2D eigenvalue weighted by Crippen LogP contribution is -2.42. The highest BCUT2D eigenvalue weighted by Crippen LogP contribution is 2.23. The molecule has 1 aromatic heterocycles. The van der Waals surface area contributed by atoms with Gasteiger partial charge in [0.05, 0.1) is 29.8 Å². The van der Waals surface area contributed by atoms with Gasteiger partial charge < -0.3 is 20.6 Å². The molecular formula is C13H15N3O4. The zero-order valence-electron chi connectivity index (χ0n) is 10.9. The van der Waals surface area contributed by atoms with E-state index >= 15 is 0 Å². The summed E-state index contributed by atoms with van der Waals surface area (Å²) < 4.78 is 0. The first-order chi connectivity index (χ1) is 9.49. The first kappa shape index (κ1) is 14.2. The number of nitrogens with zero attached hydrogens (tertiary/aromatic N) is 2. The summed E-state index contributed by atoms with van der Waals surface area (Å²) >= 11 is 0. The Labute approximate surface area is 114 Å². The molecule has 7 heteroatoms. The fourth-order valence-corrected chi connectivity index (χ4v) is 1.70. The van der Waals surface area contributed by atoms with Gasteiger partial charge in [0.15, 0.2) is 0 Å². The van der Waals surface area contributed by atoms with E-state index in [1.807, 2.05) is 0 Å². The average Bonchev–Trinajstić information content (AvgIpc) is 2.46. The summed E-state index contributed by atoms with van der Waals surface area (Å²) in [7, 11) is 0. The van der Waals surface area contributed by atoms with Crippen LogP contribution in [0.3, 0.4) is 0 Å². The second-order valence-corrected chi connectivity index (χ2v) is 4.76. The molecule has 0 bridgehead atoms. The van der Waals surface area contributed by atoms with E-state index < -0.39 is 11.5 Å². The van der Waals surface area contributed by atoms with Gasteiger partial charge in [-0.15, -0.1) is 0 Å². The van der Waals surface area contributed by atoms with Crippen LogP contribution in [0.25, 0.3) is 10.9 Å². The first-order valence-corrected chi connectivity index (χ1v) is 5.97. The maximum atomic E-state index is 10.9. The first-order valence-electron chi connectivity index (χ1n) is 5.97. The molecule has 1 heterocycles. The standard InChI is InChI=1S/C13H15N3O4/c1-13(5-17,6-18)16-11-9-3-2-8(12(19)20)4-10(9)14-7-15-11/h2-4,7,17-18H,5-6H2,1H3,(H,19,20)(H,14,15,16). The Bertz CT molecular complexity index is 641. The lowest BCUT2D eigenvalue weighted by molar-refractivity contribution is 0.0697. The number of aromatic nitrogens is 2. The van der Waals surface area contributed by atoms with E-state index in [0.717, 1.165) is 0 Å². The zero-order chi connectivity index (χ0) is 14.8. The highest BCUT2D eigenvalue weighted by Gasteiger charge is 2.23. The van der Waals surface area contributed by atoms with Gasteiger partial charge in [-0.1, -0.05) is 0 Å². The number of hydrogen-bond donors (Lipinski definition) is 4. The molecule has 0 aliphatic carbocycles. The smallest absolute Gasteiger partial charge is 0.335 e. The summed E-state index contributed by atoms with van der Waals surface area (Å²) in [5, 5.41) is 31.1. The lowest BCUT2D eigenvalue weighted by Gasteiger charge is -2.27. The molecule has 0 amide bonds. The third-order valence-corrected chi connectivity index (χ3v) is 3.00. The quantitative estimate of drug-likeness (QED) is 0.628. The van der Waals surface area contributed by atoms with Crippen LogP contribution in [0.5, 0.6) is 0 Å². The minimum absolute atomic E-state index is 0.134. The fraction of sp³-hybridized carbons (Fsp3) is 0.308. The summed E-state index contributed by atoms with van der Waals surface area (Å²) in [6.07, 6.45) is 1.30. The van der Waals surface area contributed by atoms with Crippen molar-refractivity contribution in [2.75, 3.05) is 18.5 Å². The predicted octanol–water partition coefficient (Wildman–Crippen LogP) is 0.483. The molecule has 0 fully saturated rings. The normalized spacial score (nSPS) is 11.6. The van der Waals surface area contributed by atoms with Crippen molar-refractivity contribution in [2.45, 2.75) is 12.5 Å². The summed E-state index contributed by atoms with van der Waals surface area (Å²) in [5.74, 6) is -0.604. The van der Waals surface area contributed by atoms with Gasteiger partial charge in [-0.3, -0.25) is 0 Å². The molecule has 4 N–H and O–H groups in total. The minimum atomic E-state index is -1.03. The molecule has 0 aliphatic heterocycles. The van der Waals surface area contributed by atoms with Crippen molar-refractivity contribution < 1.29 is 20.1 Å².